The van der Waals surface area contributed by atoms with E-state index < -0.39 is 35.9 Å². The Kier molecular flexibility index (Phi) is 7.02. The molecule has 1 aliphatic rings. The summed E-state index contributed by atoms with van der Waals surface area (Å²) in [4.78, 5) is 19.4. The Hall–Kier alpha value is -2.36. The van der Waals surface area contributed by atoms with Gasteiger partial charge in [0.2, 0.25) is 0 Å². The van der Waals surface area contributed by atoms with Gasteiger partial charge in [-0.3, -0.25) is 4.79 Å². The minimum atomic E-state index is -4.70. The third-order valence-electron chi connectivity index (χ3n) is 5.75. The number of carbonyl (C=O) groups is 1. The van der Waals surface area contributed by atoms with Crippen molar-refractivity contribution in [1.82, 2.24) is 4.98 Å². The summed E-state index contributed by atoms with van der Waals surface area (Å²) in [7, 11) is 0. The lowest BCUT2D eigenvalue weighted by molar-refractivity contribution is -0.138. The zero-order valence-electron chi connectivity index (χ0n) is 17.9. The topological polar surface area (TPSA) is 45.2 Å². The summed E-state index contributed by atoms with van der Waals surface area (Å²) in [5.74, 6) is -4.55. The predicted octanol–water partition coefficient (Wildman–Crippen LogP) is 6.25. The SMILES string of the molecule is CSc1cccc(NC(=O)c2c(N3CCC(C)C(F)(F)CC3)ncc(C(F)(F)F)c2C)c1. The highest BCUT2D eigenvalue weighted by molar-refractivity contribution is 7.98. The summed E-state index contributed by atoms with van der Waals surface area (Å²) >= 11 is 1.45. The van der Waals surface area contributed by atoms with Crippen molar-refractivity contribution in [1.29, 1.82) is 0 Å². The van der Waals surface area contributed by atoms with Gasteiger partial charge >= 0.3 is 6.18 Å². The fourth-order valence-corrected chi connectivity index (χ4v) is 4.16. The Morgan fingerprint density at radius 2 is 2.00 bits per heavy atom. The number of halogens is 5. The molecule has 0 saturated carbocycles. The third kappa shape index (κ3) is 5.16. The average molecular weight is 474 g/mol. The van der Waals surface area contributed by atoms with Crippen molar-refractivity contribution in [3.63, 3.8) is 0 Å². The Morgan fingerprint density at radius 1 is 1.28 bits per heavy atom. The number of hydrogen-bond acceptors (Lipinski definition) is 4. The molecule has 3 rings (SSSR count). The van der Waals surface area contributed by atoms with Crippen LogP contribution < -0.4 is 10.2 Å². The molecule has 10 heteroatoms. The summed E-state index contributed by atoms with van der Waals surface area (Å²) in [6, 6.07) is 6.88. The van der Waals surface area contributed by atoms with Crippen molar-refractivity contribution in [2.24, 2.45) is 5.92 Å². The van der Waals surface area contributed by atoms with Gasteiger partial charge in [-0.15, -0.1) is 11.8 Å². The largest absolute Gasteiger partial charge is 0.418 e. The minimum absolute atomic E-state index is 0.0149. The monoisotopic (exact) mass is 473 g/mol. The molecular weight excluding hydrogens is 449 g/mol. The van der Waals surface area contributed by atoms with Crippen LogP contribution in [-0.2, 0) is 6.18 Å². The second kappa shape index (κ2) is 9.25. The number of nitrogens with zero attached hydrogens (tertiary/aromatic N) is 2. The number of alkyl halides is 5. The van der Waals surface area contributed by atoms with Gasteiger partial charge in [0.25, 0.3) is 11.8 Å². The Balaban J connectivity index is 2.04. The lowest BCUT2D eigenvalue weighted by atomic mass is 9.99. The fraction of sp³-hybridized carbons (Fsp3) is 0.455. The van der Waals surface area contributed by atoms with E-state index in [1.165, 1.54) is 30.5 Å². The molecule has 1 aliphatic heterocycles. The quantitative estimate of drug-likeness (QED) is 0.421. The molecule has 1 aromatic heterocycles. The van der Waals surface area contributed by atoms with Crippen molar-refractivity contribution >= 4 is 29.2 Å². The number of hydrogen-bond donors (Lipinski definition) is 1. The molecule has 2 heterocycles. The van der Waals surface area contributed by atoms with Crippen molar-refractivity contribution in [3.05, 3.63) is 47.2 Å². The number of amides is 1. The second-order valence-corrected chi connectivity index (χ2v) is 8.75. The molecular formula is C22H24F5N3OS. The van der Waals surface area contributed by atoms with Gasteiger partial charge in [0.05, 0.1) is 11.1 Å². The number of carbonyl (C=O) groups excluding carboxylic acids is 1. The van der Waals surface area contributed by atoms with Crippen LogP contribution in [0, 0.1) is 12.8 Å². The van der Waals surface area contributed by atoms with Crippen LogP contribution in [0.4, 0.5) is 33.5 Å². The number of benzene rings is 1. The van der Waals surface area contributed by atoms with Gasteiger partial charge < -0.3 is 10.2 Å². The van der Waals surface area contributed by atoms with Crippen LogP contribution in [0.1, 0.15) is 41.3 Å². The zero-order valence-corrected chi connectivity index (χ0v) is 18.7. The summed E-state index contributed by atoms with van der Waals surface area (Å²) in [5, 5.41) is 2.64. The summed E-state index contributed by atoms with van der Waals surface area (Å²) in [6.07, 6.45) is -2.51. The first-order valence-electron chi connectivity index (χ1n) is 10.1. The van der Waals surface area contributed by atoms with Gasteiger partial charge in [-0.25, -0.2) is 13.8 Å². The summed E-state index contributed by atoms with van der Waals surface area (Å²) in [5.41, 5.74) is -1.16. The van der Waals surface area contributed by atoms with E-state index in [-0.39, 0.29) is 36.5 Å². The van der Waals surface area contributed by atoms with Crippen molar-refractivity contribution in [2.45, 2.75) is 43.7 Å². The molecule has 0 bridgehead atoms. The molecule has 1 unspecified atom stereocenters. The maximum absolute atomic E-state index is 14.2. The predicted molar refractivity (Wildman–Crippen MR) is 116 cm³/mol. The first-order chi connectivity index (χ1) is 14.9. The molecule has 174 valence electrons. The Labute approximate surface area is 187 Å². The highest BCUT2D eigenvalue weighted by Crippen LogP contribution is 2.38. The Bertz CT molecular complexity index is 996. The van der Waals surface area contributed by atoms with Gasteiger partial charge in [0, 0.05) is 42.2 Å². The molecule has 1 saturated heterocycles. The number of thioether (sulfide) groups is 1. The molecule has 1 aromatic carbocycles. The molecule has 1 amide bonds. The van der Waals surface area contributed by atoms with Gasteiger partial charge in [-0.05, 0) is 43.4 Å². The lowest BCUT2D eigenvalue weighted by Gasteiger charge is -2.26. The molecule has 1 N–H and O–H groups in total. The smallest absolute Gasteiger partial charge is 0.356 e. The highest BCUT2D eigenvalue weighted by Gasteiger charge is 2.40. The van der Waals surface area contributed by atoms with Crippen LogP contribution in [0.2, 0.25) is 0 Å². The maximum atomic E-state index is 14.2. The Morgan fingerprint density at radius 3 is 2.66 bits per heavy atom. The number of aromatic nitrogens is 1. The number of anilines is 2. The van der Waals surface area contributed by atoms with Gasteiger partial charge in [-0.2, -0.15) is 13.2 Å². The van der Waals surface area contributed by atoms with Crippen LogP contribution in [-0.4, -0.2) is 36.2 Å². The highest BCUT2D eigenvalue weighted by atomic mass is 32.2. The minimum Gasteiger partial charge on any atom is -0.356 e. The summed E-state index contributed by atoms with van der Waals surface area (Å²) in [6.45, 7) is 2.70. The maximum Gasteiger partial charge on any atom is 0.418 e. The third-order valence-corrected chi connectivity index (χ3v) is 6.47. The van der Waals surface area contributed by atoms with Crippen molar-refractivity contribution in [3.8, 4) is 0 Å². The van der Waals surface area contributed by atoms with Crippen LogP contribution in [0.5, 0.6) is 0 Å². The van der Waals surface area contributed by atoms with E-state index in [2.05, 4.69) is 10.3 Å². The van der Waals surface area contributed by atoms with E-state index in [1.807, 2.05) is 12.3 Å². The first kappa shape index (κ1) is 24.3. The van der Waals surface area contributed by atoms with E-state index in [1.54, 1.807) is 18.2 Å². The second-order valence-electron chi connectivity index (χ2n) is 7.87. The standard InChI is InChI=1S/C22H24F5N3OS/c1-13-7-9-30(10-8-21(13,23)24)19-18(14(2)17(12-28-19)22(25,26)27)20(31)29-15-5-4-6-16(11-15)32-3/h4-6,11-13H,7-10H2,1-3H3,(H,29,31). The number of nitrogens with one attached hydrogen (secondary N) is 1. The average Bonchev–Trinajstić information content (AvgIpc) is 2.85. The number of pyridine rings is 1. The van der Waals surface area contributed by atoms with Gasteiger partial charge in [-0.1, -0.05) is 13.0 Å². The molecule has 1 atom stereocenters. The molecule has 1 fully saturated rings. The van der Waals surface area contributed by atoms with E-state index in [0.717, 1.165) is 4.90 Å². The fourth-order valence-electron chi connectivity index (χ4n) is 3.70. The molecule has 32 heavy (non-hydrogen) atoms. The zero-order chi connectivity index (χ0) is 23.7. The van der Waals surface area contributed by atoms with Gasteiger partial charge in [0.1, 0.15) is 5.82 Å². The van der Waals surface area contributed by atoms with Crippen LogP contribution in [0.15, 0.2) is 35.4 Å². The van der Waals surface area contributed by atoms with Crippen LogP contribution in [0.3, 0.4) is 0 Å². The molecule has 4 nitrogen and oxygen atoms in total. The van der Waals surface area contributed by atoms with E-state index >= 15 is 0 Å². The van der Waals surface area contributed by atoms with Crippen molar-refractivity contribution in [2.75, 3.05) is 29.6 Å². The van der Waals surface area contributed by atoms with E-state index in [9.17, 15) is 26.7 Å². The van der Waals surface area contributed by atoms with Crippen molar-refractivity contribution < 1.29 is 26.7 Å². The lowest BCUT2D eigenvalue weighted by Crippen LogP contribution is -2.30. The number of rotatable bonds is 4. The van der Waals surface area contributed by atoms with E-state index in [4.69, 9.17) is 0 Å². The molecule has 0 aliphatic carbocycles. The van der Waals surface area contributed by atoms with E-state index in [0.29, 0.717) is 11.9 Å². The summed E-state index contributed by atoms with van der Waals surface area (Å²) < 4.78 is 68.9. The van der Waals surface area contributed by atoms with Crippen LogP contribution in [0.25, 0.3) is 0 Å². The molecule has 0 spiro atoms. The normalized spacial score (nSPS) is 18.9. The molecule has 0 radical (unpaired) electrons. The van der Waals surface area contributed by atoms with Gasteiger partial charge in [0.15, 0.2) is 0 Å². The van der Waals surface area contributed by atoms with Crippen LogP contribution >= 0.6 is 11.8 Å². The molecule has 2 aromatic rings. The first-order valence-corrected chi connectivity index (χ1v) is 11.3.